The molecule has 0 aliphatic rings. The molecular formula is C61H106O6. The van der Waals surface area contributed by atoms with Crippen molar-refractivity contribution in [3.05, 3.63) is 72.9 Å². The normalized spacial score (nSPS) is 12.6. The van der Waals surface area contributed by atoms with E-state index >= 15 is 0 Å². The summed E-state index contributed by atoms with van der Waals surface area (Å²) in [5.74, 6) is -0.933. The molecule has 0 bridgehead atoms. The van der Waals surface area contributed by atoms with Gasteiger partial charge in [-0.15, -0.1) is 0 Å². The number of ether oxygens (including phenoxy) is 3. The summed E-state index contributed by atoms with van der Waals surface area (Å²) >= 11 is 0. The molecule has 0 rings (SSSR count). The molecule has 67 heavy (non-hydrogen) atoms. The first-order valence-electron chi connectivity index (χ1n) is 28.4. The van der Waals surface area contributed by atoms with Crippen LogP contribution in [0.3, 0.4) is 0 Å². The van der Waals surface area contributed by atoms with Crippen LogP contribution in [0.25, 0.3) is 0 Å². The van der Waals surface area contributed by atoms with Crippen LogP contribution < -0.4 is 0 Å². The minimum Gasteiger partial charge on any atom is -0.462 e. The Morgan fingerprint density at radius 3 is 0.970 bits per heavy atom. The van der Waals surface area contributed by atoms with Crippen LogP contribution in [0.2, 0.25) is 0 Å². The van der Waals surface area contributed by atoms with Gasteiger partial charge in [-0.25, -0.2) is 0 Å². The predicted molar refractivity (Wildman–Crippen MR) is 288 cm³/mol. The Labute approximate surface area is 414 Å². The lowest BCUT2D eigenvalue weighted by Gasteiger charge is -2.18. The van der Waals surface area contributed by atoms with Gasteiger partial charge in [0.1, 0.15) is 13.2 Å². The molecule has 0 unspecified atom stereocenters. The van der Waals surface area contributed by atoms with Gasteiger partial charge in [0.2, 0.25) is 0 Å². The van der Waals surface area contributed by atoms with Gasteiger partial charge in [-0.3, -0.25) is 14.4 Å². The SMILES string of the molecule is CC/C=C\C/C=C\C/C=C\C/C=C\CCCCC(=O)OC[C@H](COC(=O)CCCCCCCCC/C=C\CCCCCC)OC(=O)CCCCCCCCCCC/C=C\CCCCCCCC. The number of rotatable bonds is 51. The molecule has 0 saturated heterocycles. The molecule has 0 aromatic rings. The highest BCUT2D eigenvalue weighted by Crippen LogP contribution is 2.15. The van der Waals surface area contributed by atoms with Crippen LogP contribution in [-0.4, -0.2) is 37.2 Å². The number of hydrogen-bond donors (Lipinski definition) is 0. The van der Waals surface area contributed by atoms with E-state index in [-0.39, 0.29) is 31.1 Å². The zero-order chi connectivity index (χ0) is 48.6. The minimum absolute atomic E-state index is 0.0909. The maximum absolute atomic E-state index is 12.9. The lowest BCUT2D eigenvalue weighted by atomic mass is 10.1. The van der Waals surface area contributed by atoms with Crippen molar-refractivity contribution >= 4 is 17.9 Å². The summed E-state index contributed by atoms with van der Waals surface area (Å²) in [6, 6.07) is 0. The Morgan fingerprint density at radius 2 is 0.582 bits per heavy atom. The van der Waals surface area contributed by atoms with E-state index in [1.54, 1.807) is 0 Å². The molecule has 6 nitrogen and oxygen atoms in total. The first kappa shape index (κ1) is 63.8. The van der Waals surface area contributed by atoms with E-state index in [2.05, 4.69) is 93.7 Å². The topological polar surface area (TPSA) is 78.9 Å². The van der Waals surface area contributed by atoms with Gasteiger partial charge >= 0.3 is 17.9 Å². The van der Waals surface area contributed by atoms with E-state index in [9.17, 15) is 14.4 Å². The first-order chi connectivity index (χ1) is 33.0. The van der Waals surface area contributed by atoms with Crippen molar-refractivity contribution in [1.82, 2.24) is 0 Å². The molecule has 0 aliphatic heterocycles. The van der Waals surface area contributed by atoms with Crippen molar-refractivity contribution in [2.45, 2.75) is 284 Å². The molecule has 0 aromatic carbocycles. The lowest BCUT2D eigenvalue weighted by molar-refractivity contribution is -0.167. The summed E-state index contributed by atoms with van der Waals surface area (Å²) in [7, 11) is 0. The number of allylic oxidation sites excluding steroid dienone is 12. The third kappa shape index (κ3) is 53.7. The summed E-state index contributed by atoms with van der Waals surface area (Å²) in [6.45, 7) is 6.49. The Morgan fingerprint density at radius 1 is 0.313 bits per heavy atom. The van der Waals surface area contributed by atoms with Crippen LogP contribution >= 0.6 is 0 Å². The van der Waals surface area contributed by atoms with E-state index < -0.39 is 6.10 Å². The fourth-order valence-corrected chi connectivity index (χ4v) is 7.89. The zero-order valence-corrected chi connectivity index (χ0v) is 44.2. The average molecular weight is 936 g/mol. The predicted octanol–water partition coefficient (Wildman–Crippen LogP) is 19.0. The fraction of sp³-hybridized carbons (Fsp3) is 0.754. The van der Waals surface area contributed by atoms with Gasteiger partial charge in [0, 0.05) is 19.3 Å². The number of carbonyl (C=O) groups excluding carboxylic acids is 3. The summed E-state index contributed by atoms with van der Waals surface area (Å²) in [6.07, 6.45) is 70.3. The first-order valence-corrected chi connectivity index (χ1v) is 28.4. The summed E-state index contributed by atoms with van der Waals surface area (Å²) in [5, 5.41) is 0. The second kappa shape index (κ2) is 55.4. The molecular weight excluding hydrogens is 829 g/mol. The van der Waals surface area contributed by atoms with Crippen LogP contribution in [0, 0.1) is 0 Å². The summed E-state index contributed by atoms with van der Waals surface area (Å²) in [5.41, 5.74) is 0. The van der Waals surface area contributed by atoms with Crippen LogP contribution in [0.5, 0.6) is 0 Å². The summed E-state index contributed by atoms with van der Waals surface area (Å²) < 4.78 is 16.8. The van der Waals surface area contributed by atoms with Crippen molar-refractivity contribution in [2.75, 3.05) is 13.2 Å². The third-order valence-corrected chi connectivity index (χ3v) is 12.2. The molecule has 0 aromatic heterocycles. The van der Waals surface area contributed by atoms with Crippen molar-refractivity contribution in [3.63, 3.8) is 0 Å². The molecule has 0 fully saturated rings. The standard InChI is InChI=1S/C61H106O6/c1-4-7-10-13-16-19-22-25-28-29-30-31-34-37-40-43-46-49-52-55-61(64)67-58(56-65-59(62)53-50-47-44-41-38-35-32-26-23-20-17-14-11-8-5-2)57-66-60(63)54-51-48-45-42-39-36-33-27-24-21-18-15-12-9-6-3/h8,11,17,20-21,24-26,28,32,38,41,58H,4-7,9-10,12-16,18-19,22-23,27,29-31,33-37,39-40,42-57H2,1-3H3/b11-8-,20-17-,24-21-,28-25-,32-26-,41-38-/t58-/m1/s1. The Balaban J connectivity index is 4.42. The average Bonchev–Trinajstić information content (AvgIpc) is 3.33. The third-order valence-electron chi connectivity index (χ3n) is 12.2. The van der Waals surface area contributed by atoms with E-state index in [1.165, 1.54) is 154 Å². The van der Waals surface area contributed by atoms with Gasteiger partial charge in [0.25, 0.3) is 0 Å². The Kier molecular flexibility index (Phi) is 52.8. The molecule has 1 atom stereocenters. The molecule has 0 N–H and O–H groups in total. The van der Waals surface area contributed by atoms with Crippen LogP contribution in [-0.2, 0) is 28.6 Å². The molecule has 6 heteroatoms. The maximum Gasteiger partial charge on any atom is 0.306 e. The molecule has 0 amide bonds. The van der Waals surface area contributed by atoms with Gasteiger partial charge < -0.3 is 14.2 Å². The molecule has 0 spiro atoms. The van der Waals surface area contributed by atoms with E-state index in [1.807, 2.05) is 0 Å². The van der Waals surface area contributed by atoms with Crippen molar-refractivity contribution in [2.24, 2.45) is 0 Å². The van der Waals surface area contributed by atoms with E-state index in [0.29, 0.717) is 19.3 Å². The molecule has 0 aliphatic carbocycles. The van der Waals surface area contributed by atoms with Crippen LogP contribution in [0.15, 0.2) is 72.9 Å². The van der Waals surface area contributed by atoms with Crippen LogP contribution in [0.1, 0.15) is 278 Å². The Bertz CT molecular complexity index is 1260. The molecule has 0 heterocycles. The van der Waals surface area contributed by atoms with E-state index in [0.717, 1.165) is 83.5 Å². The largest absolute Gasteiger partial charge is 0.462 e. The smallest absolute Gasteiger partial charge is 0.306 e. The highest BCUT2D eigenvalue weighted by Gasteiger charge is 2.19. The molecule has 386 valence electrons. The van der Waals surface area contributed by atoms with E-state index in [4.69, 9.17) is 14.2 Å². The van der Waals surface area contributed by atoms with Gasteiger partial charge in [0.15, 0.2) is 6.10 Å². The van der Waals surface area contributed by atoms with Gasteiger partial charge in [-0.05, 0) is 109 Å². The molecule has 0 saturated carbocycles. The second-order valence-corrected chi connectivity index (χ2v) is 18.8. The number of carbonyl (C=O) groups is 3. The summed E-state index contributed by atoms with van der Waals surface area (Å²) in [4.78, 5) is 38.1. The highest BCUT2D eigenvalue weighted by atomic mass is 16.6. The van der Waals surface area contributed by atoms with Crippen molar-refractivity contribution < 1.29 is 28.6 Å². The zero-order valence-electron chi connectivity index (χ0n) is 44.2. The highest BCUT2D eigenvalue weighted by molar-refractivity contribution is 5.71. The minimum atomic E-state index is -0.795. The second-order valence-electron chi connectivity index (χ2n) is 18.8. The number of hydrogen-bond acceptors (Lipinski definition) is 6. The lowest BCUT2D eigenvalue weighted by Crippen LogP contribution is -2.30. The Hall–Kier alpha value is -3.15. The van der Waals surface area contributed by atoms with Crippen LogP contribution in [0.4, 0.5) is 0 Å². The number of unbranched alkanes of at least 4 members (excludes halogenated alkanes) is 28. The van der Waals surface area contributed by atoms with Crippen molar-refractivity contribution in [3.8, 4) is 0 Å². The van der Waals surface area contributed by atoms with Gasteiger partial charge in [-0.1, -0.05) is 222 Å². The van der Waals surface area contributed by atoms with Crippen molar-refractivity contribution in [1.29, 1.82) is 0 Å². The monoisotopic (exact) mass is 935 g/mol. The number of esters is 3. The quantitative estimate of drug-likeness (QED) is 0.0262. The maximum atomic E-state index is 12.9. The van der Waals surface area contributed by atoms with Gasteiger partial charge in [-0.2, -0.15) is 0 Å². The van der Waals surface area contributed by atoms with Gasteiger partial charge in [0.05, 0.1) is 0 Å². The fourth-order valence-electron chi connectivity index (χ4n) is 7.89. The molecule has 0 radical (unpaired) electrons.